The third-order valence-corrected chi connectivity index (χ3v) is 3.88. The van der Waals surface area contributed by atoms with Crippen molar-refractivity contribution in [3.63, 3.8) is 0 Å². The molecule has 0 N–H and O–H groups in total. The average Bonchev–Trinajstić information content (AvgIpc) is 2.44. The van der Waals surface area contributed by atoms with Gasteiger partial charge >= 0.3 is 16.5 Å². The van der Waals surface area contributed by atoms with Crippen LogP contribution in [0.25, 0.3) is 22.2 Å². The molecule has 3 nitrogen and oxygen atoms in total. The predicted octanol–water partition coefficient (Wildman–Crippen LogP) is 2.83. The quantitative estimate of drug-likeness (QED) is 0.570. The van der Waals surface area contributed by atoms with Crippen LogP contribution in [0.3, 0.4) is 0 Å². The molecule has 2 aromatic carbocycles. The number of nitrogens with zero attached hydrogens (tertiary/aromatic N) is 3. The Hall–Kier alpha value is -1.89. The van der Waals surface area contributed by atoms with Crippen molar-refractivity contribution in [1.82, 2.24) is 9.97 Å². The number of para-hydroxylation sites is 1. The monoisotopic (exact) mass is 245 g/mol. The second kappa shape index (κ2) is 3.55. The zero-order valence-electron chi connectivity index (χ0n) is 9.54. The summed E-state index contributed by atoms with van der Waals surface area (Å²) in [6.45, 7) is 0. The van der Waals surface area contributed by atoms with Crippen molar-refractivity contribution in [2.75, 3.05) is 3.88 Å². The topological polar surface area (TPSA) is 29.0 Å². The fourth-order valence-electron chi connectivity index (χ4n) is 2.51. The summed E-state index contributed by atoms with van der Waals surface area (Å²) in [5, 5.41) is 1.12. The minimum Gasteiger partial charge on any atom is -0.451 e. The van der Waals surface area contributed by atoms with Crippen LogP contribution in [0, 0.1) is 0 Å². The maximum Gasteiger partial charge on any atom is 0.318 e. The molecule has 82 valence electrons. The van der Waals surface area contributed by atoms with Crippen molar-refractivity contribution in [2.45, 2.75) is 0 Å². The highest BCUT2D eigenvalue weighted by molar-refractivity contribution is 6.28. The molecule has 0 atom stereocenters. The Morgan fingerprint density at radius 2 is 1.72 bits per heavy atom. The molecule has 4 rings (SSSR count). The highest BCUT2D eigenvalue weighted by Crippen LogP contribution is 2.44. The summed E-state index contributed by atoms with van der Waals surface area (Å²) in [6, 6.07) is 14.4. The highest BCUT2D eigenvalue weighted by Gasteiger charge is 2.21. The summed E-state index contributed by atoms with van der Waals surface area (Å²) in [4.78, 5) is 8.81. The molecule has 18 heavy (non-hydrogen) atoms. The molecule has 1 aliphatic heterocycles. The molecule has 3 aromatic rings. The predicted molar refractivity (Wildman–Crippen MR) is 72.9 cm³/mol. The van der Waals surface area contributed by atoms with Gasteiger partial charge in [0.1, 0.15) is 6.33 Å². The molecule has 0 bridgehead atoms. The summed E-state index contributed by atoms with van der Waals surface area (Å²) in [5.74, 6) is 0. The first-order valence-electron chi connectivity index (χ1n) is 5.74. The van der Waals surface area contributed by atoms with Gasteiger partial charge in [0, 0.05) is 22.3 Å². The van der Waals surface area contributed by atoms with Crippen molar-refractivity contribution in [1.29, 1.82) is 0 Å². The third-order valence-electron chi connectivity index (χ3n) is 3.32. The van der Waals surface area contributed by atoms with Crippen molar-refractivity contribution < 1.29 is 0 Å². The molecule has 2 heterocycles. The van der Waals surface area contributed by atoms with E-state index in [4.69, 9.17) is 0 Å². The van der Waals surface area contributed by atoms with Gasteiger partial charge < -0.3 is 3.88 Å². The van der Waals surface area contributed by atoms with Crippen LogP contribution in [-0.4, -0.2) is 26.5 Å². The van der Waals surface area contributed by atoms with Crippen molar-refractivity contribution in [3.8, 4) is 11.3 Å². The Bertz CT molecular complexity index is 765. The highest BCUT2D eigenvalue weighted by atomic mass is 27.1. The van der Waals surface area contributed by atoms with Gasteiger partial charge in [0.05, 0.1) is 11.2 Å². The Morgan fingerprint density at radius 1 is 0.889 bits per heavy atom. The van der Waals surface area contributed by atoms with Crippen LogP contribution in [0.5, 0.6) is 0 Å². The van der Waals surface area contributed by atoms with E-state index in [1.807, 2.05) is 24.3 Å². The van der Waals surface area contributed by atoms with E-state index < -0.39 is 0 Å². The molecule has 0 spiro atoms. The van der Waals surface area contributed by atoms with Gasteiger partial charge in [-0.05, 0) is 18.2 Å². The largest absolute Gasteiger partial charge is 0.451 e. The lowest BCUT2D eigenvalue weighted by Crippen LogP contribution is -2.17. The van der Waals surface area contributed by atoms with Crippen molar-refractivity contribution >= 4 is 38.8 Å². The smallest absolute Gasteiger partial charge is 0.318 e. The standard InChI is InChI=1S/C14H8N3.Al/c1-2-5-10-9(4-1)14-13-11(15-8-16-14)6-3-7-12(13)17-10;/h1-8H;/q-1;+1. The third kappa shape index (κ3) is 1.19. The number of aromatic nitrogens is 2. The van der Waals surface area contributed by atoms with Crippen LogP contribution in [-0.2, 0) is 0 Å². The number of benzene rings is 2. The zero-order valence-corrected chi connectivity index (χ0v) is 10.7. The maximum absolute atomic E-state index is 4.47. The lowest BCUT2D eigenvalue weighted by molar-refractivity contribution is 1.21. The van der Waals surface area contributed by atoms with Crippen molar-refractivity contribution in [3.05, 3.63) is 48.8 Å². The first-order valence-corrected chi connectivity index (χ1v) is 6.26. The fraction of sp³-hybridized carbons (Fsp3) is 0. The lowest BCUT2D eigenvalue weighted by Gasteiger charge is -2.31. The van der Waals surface area contributed by atoms with Gasteiger partial charge in [0.15, 0.2) is 0 Å². The van der Waals surface area contributed by atoms with Gasteiger partial charge in [-0.3, -0.25) is 0 Å². The van der Waals surface area contributed by atoms with Gasteiger partial charge in [0.2, 0.25) is 0 Å². The molecule has 0 fully saturated rings. The fourth-order valence-corrected chi connectivity index (χ4v) is 2.95. The lowest BCUT2D eigenvalue weighted by atomic mass is 9.99. The number of hydrogen-bond donors (Lipinski definition) is 0. The first-order chi connectivity index (χ1) is 8.86. The second-order valence-electron chi connectivity index (χ2n) is 4.28. The average molecular weight is 245 g/mol. The Balaban J connectivity index is 2.24. The van der Waals surface area contributed by atoms with E-state index in [-0.39, 0.29) is 0 Å². The summed E-state index contributed by atoms with van der Waals surface area (Å²) in [6.07, 6.45) is 1.64. The molecule has 0 aliphatic carbocycles. The minimum atomic E-state index is 0.986. The van der Waals surface area contributed by atoms with Crippen LogP contribution < -0.4 is 3.88 Å². The van der Waals surface area contributed by atoms with E-state index >= 15 is 0 Å². The molecule has 0 saturated carbocycles. The normalized spacial score (nSPS) is 12.6. The van der Waals surface area contributed by atoms with Gasteiger partial charge in [-0.1, -0.05) is 24.3 Å². The van der Waals surface area contributed by atoms with Crippen LogP contribution in [0.1, 0.15) is 0 Å². The van der Waals surface area contributed by atoms with E-state index in [0.29, 0.717) is 0 Å². The van der Waals surface area contributed by atoms with E-state index in [1.165, 1.54) is 0 Å². The van der Waals surface area contributed by atoms with Gasteiger partial charge in [0.25, 0.3) is 0 Å². The van der Waals surface area contributed by atoms with Crippen LogP contribution in [0.2, 0.25) is 0 Å². The molecule has 0 amide bonds. The SMILES string of the molecule is [Al][N]1c2ccccc2-c2ncnc3cccc1c23. The molecular formula is C14H8AlN3. The molecule has 1 aliphatic rings. The molecular weight excluding hydrogens is 237 g/mol. The summed E-state index contributed by atoms with van der Waals surface area (Å²) >= 11 is 2.77. The Labute approximate surface area is 113 Å². The van der Waals surface area contributed by atoms with E-state index in [2.05, 4.69) is 48.6 Å². The molecule has 0 saturated heterocycles. The molecule has 4 heteroatoms. The molecule has 2 radical (unpaired) electrons. The van der Waals surface area contributed by atoms with Crippen LogP contribution >= 0.6 is 0 Å². The van der Waals surface area contributed by atoms with Crippen molar-refractivity contribution in [2.24, 2.45) is 0 Å². The van der Waals surface area contributed by atoms with Gasteiger partial charge in [-0.25, -0.2) is 9.97 Å². The summed E-state index contributed by atoms with van der Waals surface area (Å²) < 4.78 is 2.12. The Morgan fingerprint density at radius 3 is 2.67 bits per heavy atom. The summed E-state index contributed by atoms with van der Waals surface area (Å²) in [5.41, 5.74) is 5.44. The maximum atomic E-state index is 4.47. The summed E-state index contributed by atoms with van der Waals surface area (Å²) in [7, 11) is 0. The number of anilines is 2. The number of fused-ring (bicyclic) bond motifs is 2. The minimum absolute atomic E-state index is 0.986. The van der Waals surface area contributed by atoms with Gasteiger partial charge in [-0.2, -0.15) is 0 Å². The van der Waals surface area contributed by atoms with E-state index in [0.717, 1.165) is 33.5 Å². The van der Waals surface area contributed by atoms with E-state index in [1.54, 1.807) is 6.33 Å². The Kier molecular flexibility index (Phi) is 1.99. The molecule has 1 aromatic heterocycles. The first kappa shape index (κ1) is 10.1. The number of rotatable bonds is 0. The van der Waals surface area contributed by atoms with E-state index in [9.17, 15) is 0 Å². The molecule has 0 unspecified atom stereocenters. The van der Waals surface area contributed by atoms with Crippen LogP contribution in [0.4, 0.5) is 11.4 Å². The second-order valence-corrected chi connectivity index (χ2v) is 4.80. The number of hydrogen-bond acceptors (Lipinski definition) is 3. The van der Waals surface area contributed by atoms with Gasteiger partial charge in [-0.15, -0.1) is 0 Å². The van der Waals surface area contributed by atoms with Crippen LogP contribution in [0.15, 0.2) is 48.8 Å². The zero-order chi connectivity index (χ0) is 12.1.